The Morgan fingerprint density at radius 1 is 1.45 bits per heavy atom. The number of nitrogens with zero attached hydrogens (tertiary/aromatic N) is 3. The minimum atomic E-state index is -0.356. The van der Waals surface area contributed by atoms with Crippen LogP contribution < -0.4 is 0 Å². The van der Waals surface area contributed by atoms with E-state index in [0.29, 0.717) is 23.5 Å². The van der Waals surface area contributed by atoms with E-state index in [4.69, 9.17) is 4.74 Å². The van der Waals surface area contributed by atoms with Crippen LogP contribution in [0.2, 0.25) is 0 Å². The molecule has 0 atom stereocenters. The second-order valence-electron chi connectivity index (χ2n) is 5.45. The van der Waals surface area contributed by atoms with Gasteiger partial charge in [0.2, 0.25) is 0 Å². The van der Waals surface area contributed by atoms with Gasteiger partial charge in [-0.2, -0.15) is 16.9 Å². The summed E-state index contributed by atoms with van der Waals surface area (Å²) in [4.78, 5) is 16.3. The van der Waals surface area contributed by atoms with Crippen molar-refractivity contribution in [2.24, 2.45) is 0 Å². The van der Waals surface area contributed by atoms with Crippen molar-refractivity contribution in [1.29, 1.82) is 0 Å². The molecule has 0 aliphatic rings. The first-order chi connectivity index (χ1) is 9.38. The summed E-state index contributed by atoms with van der Waals surface area (Å²) in [6.45, 7) is 8.59. The van der Waals surface area contributed by atoms with Crippen LogP contribution in [0.25, 0.3) is 5.65 Å². The molecule has 0 saturated heterocycles. The third-order valence-electron chi connectivity index (χ3n) is 2.63. The standard InChI is InChI=1S/C14H19N3O2S/c1-10-11(12-15-6-5-7-17(12)16-10)13(18)19-8-9-20-14(2,3)4/h5-7H,8-9H2,1-4H3. The number of ether oxygens (including phenoxy) is 1. The third-order valence-corrected chi connectivity index (χ3v) is 3.86. The number of hydrogen-bond donors (Lipinski definition) is 0. The average molecular weight is 293 g/mol. The molecule has 5 nitrogen and oxygen atoms in total. The molecule has 2 aromatic rings. The Morgan fingerprint density at radius 2 is 2.20 bits per heavy atom. The quantitative estimate of drug-likeness (QED) is 0.641. The molecular formula is C14H19N3O2S. The molecule has 2 heterocycles. The number of hydrogen-bond acceptors (Lipinski definition) is 5. The van der Waals surface area contributed by atoms with Crippen LogP contribution in [0.15, 0.2) is 18.5 Å². The van der Waals surface area contributed by atoms with Gasteiger partial charge in [0, 0.05) is 22.9 Å². The van der Waals surface area contributed by atoms with Gasteiger partial charge in [-0.1, -0.05) is 20.8 Å². The smallest absolute Gasteiger partial charge is 0.343 e. The molecule has 6 heteroatoms. The van der Waals surface area contributed by atoms with E-state index in [2.05, 4.69) is 30.9 Å². The van der Waals surface area contributed by atoms with Crippen LogP contribution >= 0.6 is 11.8 Å². The summed E-state index contributed by atoms with van der Waals surface area (Å²) in [6, 6.07) is 1.77. The van der Waals surface area contributed by atoms with Gasteiger partial charge >= 0.3 is 5.97 Å². The van der Waals surface area contributed by atoms with Gasteiger partial charge in [0.15, 0.2) is 5.65 Å². The fraction of sp³-hybridized carbons (Fsp3) is 0.500. The SMILES string of the molecule is Cc1nn2cccnc2c1C(=O)OCCSC(C)(C)C. The minimum Gasteiger partial charge on any atom is -0.461 e. The van der Waals surface area contributed by atoms with E-state index in [1.54, 1.807) is 41.7 Å². The highest BCUT2D eigenvalue weighted by molar-refractivity contribution is 8.00. The van der Waals surface area contributed by atoms with Gasteiger partial charge < -0.3 is 4.74 Å². The lowest BCUT2D eigenvalue weighted by Crippen LogP contribution is -2.13. The number of fused-ring (bicyclic) bond motifs is 1. The largest absolute Gasteiger partial charge is 0.461 e. The van der Waals surface area contributed by atoms with E-state index < -0.39 is 0 Å². The van der Waals surface area contributed by atoms with Crippen LogP contribution in [0.1, 0.15) is 36.8 Å². The molecule has 0 aliphatic carbocycles. The Kier molecular flexibility index (Phi) is 4.32. The predicted octanol–water partition coefficient (Wildman–Crippen LogP) is 2.73. The average Bonchev–Trinajstić information content (AvgIpc) is 2.69. The zero-order valence-electron chi connectivity index (χ0n) is 12.2. The fourth-order valence-corrected chi connectivity index (χ4v) is 2.57. The van der Waals surface area contributed by atoms with E-state index in [1.165, 1.54) is 0 Å². The van der Waals surface area contributed by atoms with Gasteiger partial charge in [0.05, 0.1) is 5.69 Å². The van der Waals surface area contributed by atoms with Crippen molar-refractivity contribution in [3.05, 3.63) is 29.7 Å². The summed E-state index contributed by atoms with van der Waals surface area (Å²) in [5, 5.41) is 4.25. The Hall–Kier alpha value is -1.56. The molecule has 0 aliphatic heterocycles. The van der Waals surface area contributed by atoms with Crippen LogP contribution in [0.4, 0.5) is 0 Å². The van der Waals surface area contributed by atoms with E-state index in [0.717, 1.165) is 5.75 Å². The molecule has 0 unspecified atom stereocenters. The Morgan fingerprint density at radius 3 is 2.90 bits per heavy atom. The van der Waals surface area contributed by atoms with E-state index in [1.807, 2.05) is 0 Å². The van der Waals surface area contributed by atoms with Crippen molar-refractivity contribution in [2.75, 3.05) is 12.4 Å². The Bertz CT molecular complexity index is 616. The summed E-state index contributed by atoms with van der Waals surface area (Å²) in [5.41, 5.74) is 1.63. The maximum atomic E-state index is 12.1. The molecule has 0 saturated carbocycles. The van der Waals surface area contributed by atoms with Gasteiger partial charge in [-0.05, 0) is 13.0 Å². The highest BCUT2D eigenvalue weighted by atomic mass is 32.2. The summed E-state index contributed by atoms with van der Waals surface area (Å²) in [5.74, 6) is 0.423. The number of aryl methyl sites for hydroxylation is 1. The van der Waals surface area contributed by atoms with Crippen LogP contribution in [0, 0.1) is 6.92 Å². The van der Waals surface area contributed by atoms with Crippen molar-refractivity contribution in [3.8, 4) is 0 Å². The van der Waals surface area contributed by atoms with Crippen molar-refractivity contribution < 1.29 is 9.53 Å². The summed E-state index contributed by atoms with van der Waals surface area (Å²) in [6.07, 6.45) is 3.41. The second-order valence-corrected chi connectivity index (χ2v) is 7.37. The highest BCUT2D eigenvalue weighted by Gasteiger charge is 2.19. The predicted molar refractivity (Wildman–Crippen MR) is 80.2 cm³/mol. The molecule has 2 aromatic heterocycles. The normalized spacial score (nSPS) is 11.8. The lowest BCUT2D eigenvalue weighted by Gasteiger charge is -2.17. The number of rotatable bonds is 4. The number of carbonyl (C=O) groups is 1. The van der Waals surface area contributed by atoms with Gasteiger partial charge in [-0.15, -0.1) is 0 Å². The highest BCUT2D eigenvalue weighted by Crippen LogP contribution is 2.22. The lowest BCUT2D eigenvalue weighted by atomic mass is 10.2. The molecule has 2 rings (SSSR count). The molecule has 0 aromatic carbocycles. The van der Waals surface area contributed by atoms with Gasteiger partial charge in [0.1, 0.15) is 12.2 Å². The van der Waals surface area contributed by atoms with E-state index in [-0.39, 0.29) is 10.7 Å². The van der Waals surface area contributed by atoms with Gasteiger partial charge in [-0.25, -0.2) is 14.3 Å². The second kappa shape index (κ2) is 5.83. The lowest BCUT2D eigenvalue weighted by molar-refractivity contribution is 0.0531. The number of aromatic nitrogens is 3. The van der Waals surface area contributed by atoms with Crippen molar-refractivity contribution in [2.45, 2.75) is 32.4 Å². The van der Waals surface area contributed by atoms with Crippen molar-refractivity contribution in [3.63, 3.8) is 0 Å². The monoisotopic (exact) mass is 293 g/mol. The Balaban J connectivity index is 2.03. The maximum absolute atomic E-state index is 12.1. The minimum absolute atomic E-state index is 0.175. The fourth-order valence-electron chi connectivity index (χ4n) is 1.79. The molecule has 0 spiro atoms. The molecular weight excluding hydrogens is 274 g/mol. The zero-order valence-corrected chi connectivity index (χ0v) is 13.0. The summed E-state index contributed by atoms with van der Waals surface area (Å²) < 4.78 is 7.09. The van der Waals surface area contributed by atoms with E-state index >= 15 is 0 Å². The van der Waals surface area contributed by atoms with E-state index in [9.17, 15) is 4.79 Å². The maximum Gasteiger partial charge on any atom is 0.343 e. The molecule has 20 heavy (non-hydrogen) atoms. The summed E-state index contributed by atoms with van der Waals surface area (Å²) in [7, 11) is 0. The zero-order chi connectivity index (χ0) is 14.8. The van der Waals surface area contributed by atoms with Crippen LogP contribution in [0.3, 0.4) is 0 Å². The molecule has 0 amide bonds. The Labute approximate surface area is 122 Å². The topological polar surface area (TPSA) is 56.5 Å². The first-order valence-electron chi connectivity index (χ1n) is 6.49. The third kappa shape index (κ3) is 3.50. The number of thioether (sulfide) groups is 1. The molecule has 0 fully saturated rings. The molecule has 108 valence electrons. The molecule has 0 bridgehead atoms. The number of carbonyl (C=O) groups excluding carboxylic acids is 1. The summed E-state index contributed by atoms with van der Waals surface area (Å²) >= 11 is 1.77. The first kappa shape index (κ1) is 14.8. The van der Waals surface area contributed by atoms with Crippen LogP contribution in [-0.4, -0.2) is 37.7 Å². The van der Waals surface area contributed by atoms with Gasteiger partial charge in [-0.3, -0.25) is 0 Å². The van der Waals surface area contributed by atoms with Crippen molar-refractivity contribution in [1.82, 2.24) is 14.6 Å². The van der Waals surface area contributed by atoms with Crippen LogP contribution in [-0.2, 0) is 4.74 Å². The first-order valence-corrected chi connectivity index (χ1v) is 7.48. The molecule has 0 N–H and O–H groups in total. The van der Waals surface area contributed by atoms with Crippen LogP contribution in [0.5, 0.6) is 0 Å². The van der Waals surface area contributed by atoms with Crippen molar-refractivity contribution >= 4 is 23.4 Å². The molecule has 0 radical (unpaired) electrons. The van der Waals surface area contributed by atoms with Gasteiger partial charge in [0.25, 0.3) is 0 Å². The number of esters is 1.